The average molecular weight is 700 g/mol. The zero-order valence-corrected chi connectivity index (χ0v) is 24.4. The summed E-state index contributed by atoms with van der Waals surface area (Å²) in [7, 11) is 0. The van der Waals surface area contributed by atoms with Gasteiger partial charge in [-0.3, -0.25) is 9.97 Å². The van der Waals surface area contributed by atoms with Crippen molar-refractivity contribution in [3.05, 3.63) is 109 Å². The Balaban J connectivity index is 0.00000264. The van der Waals surface area contributed by atoms with Crippen LogP contribution in [0.1, 0.15) is 26.3 Å². The Labute approximate surface area is 245 Å². The first-order valence-electron chi connectivity index (χ1n) is 13.1. The van der Waals surface area contributed by atoms with Gasteiger partial charge in [-0.15, -0.1) is 12.1 Å². The average Bonchev–Trinajstić information content (AvgIpc) is 3.63. The van der Waals surface area contributed by atoms with Crippen LogP contribution in [0.3, 0.4) is 0 Å². The second kappa shape index (κ2) is 8.90. The van der Waals surface area contributed by atoms with Crippen LogP contribution < -0.4 is 4.74 Å². The third-order valence-corrected chi connectivity index (χ3v) is 7.65. The predicted octanol–water partition coefficient (Wildman–Crippen LogP) is 8.28. The SMILES string of the molecule is CC(C)(C)c1ccc2c(c1)c1ccc(Oc3[c-]c4c(cc3)c3ccccc3n3ccnc43)[c-]c1c1nccn21.[Pt+2]. The van der Waals surface area contributed by atoms with E-state index in [4.69, 9.17) is 4.74 Å². The van der Waals surface area contributed by atoms with Crippen LogP contribution in [0.15, 0.2) is 91.5 Å². The summed E-state index contributed by atoms with van der Waals surface area (Å²) in [5.41, 5.74) is 5.31. The van der Waals surface area contributed by atoms with Crippen molar-refractivity contribution in [2.45, 2.75) is 26.2 Å². The van der Waals surface area contributed by atoms with E-state index < -0.39 is 0 Å². The molecule has 0 aliphatic rings. The molecule has 0 unspecified atom stereocenters. The summed E-state index contributed by atoms with van der Waals surface area (Å²) >= 11 is 0. The summed E-state index contributed by atoms with van der Waals surface area (Å²) in [4.78, 5) is 9.30. The van der Waals surface area contributed by atoms with Gasteiger partial charge in [-0.05, 0) is 33.9 Å². The molecular formula is C34H24N4OPt. The van der Waals surface area contributed by atoms with Crippen LogP contribution in [0.4, 0.5) is 0 Å². The standard InChI is InChI=1S/C34H24N4O.Pt/c1-34(2,3)21-8-13-31-27(18-21)25-12-10-23(20-29(25)33-36-15-17-38(31)33)39-22-9-11-24-26-6-4-5-7-30(26)37-16-14-35-32(37)28(24)19-22;/h4-18H,1-3H3;/q-2;+2. The minimum Gasteiger partial charge on any atom is -0.497 e. The van der Waals surface area contributed by atoms with E-state index in [1.54, 1.807) is 0 Å². The Morgan fingerprint density at radius 1 is 0.650 bits per heavy atom. The summed E-state index contributed by atoms with van der Waals surface area (Å²) in [5.74, 6) is 1.24. The third-order valence-electron chi connectivity index (χ3n) is 7.65. The Kier molecular flexibility index (Phi) is 5.52. The Morgan fingerprint density at radius 3 is 1.85 bits per heavy atom. The van der Waals surface area contributed by atoms with Crippen LogP contribution in [-0.4, -0.2) is 18.8 Å². The number of pyridine rings is 2. The number of fused-ring (bicyclic) bond motifs is 12. The monoisotopic (exact) mass is 699 g/mol. The van der Waals surface area contributed by atoms with E-state index in [2.05, 4.69) is 100 Å². The van der Waals surface area contributed by atoms with Gasteiger partial charge >= 0.3 is 21.1 Å². The van der Waals surface area contributed by atoms with Gasteiger partial charge in [-0.1, -0.05) is 96.9 Å². The number of benzene rings is 4. The van der Waals surface area contributed by atoms with Crippen molar-refractivity contribution < 1.29 is 25.8 Å². The maximum absolute atomic E-state index is 6.36. The van der Waals surface area contributed by atoms with Gasteiger partial charge in [0.25, 0.3) is 0 Å². The number of hydrogen-bond donors (Lipinski definition) is 0. The molecule has 8 aromatic rings. The molecule has 0 aliphatic heterocycles. The van der Waals surface area contributed by atoms with Crippen molar-refractivity contribution in [1.82, 2.24) is 18.8 Å². The molecule has 0 bridgehead atoms. The molecule has 40 heavy (non-hydrogen) atoms. The van der Waals surface area contributed by atoms with Gasteiger partial charge in [-0.25, -0.2) is 0 Å². The Bertz CT molecular complexity index is 2260. The van der Waals surface area contributed by atoms with E-state index >= 15 is 0 Å². The number of imidazole rings is 2. The van der Waals surface area contributed by atoms with Crippen molar-refractivity contribution >= 4 is 54.6 Å². The van der Waals surface area contributed by atoms with Gasteiger partial charge in [0.05, 0.1) is 11.3 Å². The first-order chi connectivity index (χ1) is 19.0. The summed E-state index contributed by atoms with van der Waals surface area (Å²) in [6.45, 7) is 6.72. The van der Waals surface area contributed by atoms with Crippen molar-refractivity contribution in [2.75, 3.05) is 0 Å². The minimum absolute atomic E-state index is 0. The van der Waals surface area contributed by atoms with Gasteiger partial charge < -0.3 is 13.5 Å². The number of hydrogen-bond acceptors (Lipinski definition) is 3. The maximum atomic E-state index is 6.36. The van der Waals surface area contributed by atoms with Gasteiger partial charge in [-0.2, -0.15) is 0 Å². The van der Waals surface area contributed by atoms with Crippen molar-refractivity contribution in [2.24, 2.45) is 0 Å². The fourth-order valence-electron chi connectivity index (χ4n) is 5.69. The summed E-state index contributed by atoms with van der Waals surface area (Å²) in [6.07, 6.45) is 7.66. The van der Waals surface area contributed by atoms with E-state index in [0.29, 0.717) is 11.5 Å². The third kappa shape index (κ3) is 3.65. The first kappa shape index (κ1) is 24.8. The molecule has 5 nitrogen and oxygen atoms in total. The Morgan fingerprint density at radius 2 is 1.23 bits per heavy atom. The molecule has 0 fully saturated rings. The van der Waals surface area contributed by atoms with E-state index in [0.717, 1.165) is 49.3 Å². The van der Waals surface area contributed by atoms with Gasteiger partial charge in [0.15, 0.2) is 0 Å². The molecule has 0 saturated carbocycles. The van der Waals surface area contributed by atoms with E-state index in [1.165, 1.54) is 10.9 Å². The first-order valence-corrected chi connectivity index (χ1v) is 13.1. The molecule has 0 amide bonds. The predicted molar refractivity (Wildman–Crippen MR) is 157 cm³/mol. The fraction of sp³-hybridized carbons (Fsp3) is 0.118. The largest absolute Gasteiger partial charge is 2.00 e. The van der Waals surface area contributed by atoms with Crippen LogP contribution in [0.2, 0.25) is 0 Å². The molecule has 4 aromatic heterocycles. The zero-order chi connectivity index (χ0) is 26.3. The number of para-hydroxylation sites is 1. The van der Waals surface area contributed by atoms with Crippen LogP contribution in [-0.2, 0) is 26.5 Å². The molecule has 8 rings (SSSR count). The normalized spacial score (nSPS) is 12.2. The maximum Gasteiger partial charge on any atom is 2.00 e. The number of rotatable bonds is 2. The van der Waals surface area contributed by atoms with Crippen molar-refractivity contribution in [1.29, 1.82) is 0 Å². The van der Waals surface area contributed by atoms with Crippen LogP contribution in [0.25, 0.3) is 54.6 Å². The molecule has 0 atom stereocenters. The van der Waals surface area contributed by atoms with E-state index in [1.807, 2.05) is 43.0 Å². The number of nitrogens with zero attached hydrogens (tertiary/aromatic N) is 4. The van der Waals surface area contributed by atoms with Crippen molar-refractivity contribution in [3.8, 4) is 11.5 Å². The van der Waals surface area contributed by atoms with E-state index in [9.17, 15) is 0 Å². The summed E-state index contributed by atoms with van der Waals surface area (Å²) in [6, 6.07) is 30.2. The topological polar surface area (TPSA) is 43.8 Å². The van der Waals surface area contributed by atoms with Gasteiger partial charge in [0.1, 0.15) is 0 Å². The van der Waals surface area contributed by atoms with Crippen molar-refractivity contribution in [3.63, 3.8) is 0 Å². The second-order valence-electron chi connectivity index (χ2n) is 11.1. The molecular weight excluding hydrogens is 675 g/mol. The van der Waals surface area contributed by atoms with Gasteiger partial charge in [0.2, 0.25) is 0 Å². The van der Waals surface area contributed by atoms with E-state index in [-0.39, 0.29) is 26.5 Å². The molecule has 0 saturated heterocycles. The Hall–Kier alpha value is -4.21. The summed E-state index contributed by atoms with van der Waals surface area (Å²) in [5, 5.41) is 6.39. The minimum atomic E-state index is 0. The molecule has 4 heterocycles. The molecule has 0 N–H and O–H groups in total. The smallest absolute Gasteiger partial charge is 0.497 e. The molecule has 0 aliphatic carbocycles. The molecule has 4 aromatic carbocycles. The van der Waals surface area contributed by atoms with Gasteiger partial charge in [0, 0.05) is 47.3 Å². The van der Waals surface area contributed by atoms with Crippen LogP contribution in [0, 0.1) is 12.1 Å². The molecule has 0 spiro atoms. The molecule has 6 heteroatoms. The quantitative estimate of drug-likeness (QED) is 0.135. The molecule has 0 radical (unpaired) electrons. The number of ether oxygens (including phenoxy) is 1. The zero-order valence-electron chi connectivity index (χ0n) is 22.2. The second-order valence-corrected chi connectivity index (χ2v) is 11.1. The van der Waals surface area contributed by atoms with Crippen LogP contribution >= 0.6 is 0 Å². The fourth-order valence-corrected chi connectivity index (χ4v) is 5.69. The molecule has 196 valence electrons. The number of aromatic nitrogens is 4. The van der Waals surface area contributed by atoms with Crippen LogP contribution in [0.5, 0.6) is 11.5 Å². The summed E-state index contributed by atoms with van der Waals surface area (Å²) < 4.78 is 10.6.